The summed E-state index contributed by atoms with van der Waals surface area (Å²) in [4.78, 5) is 9.13. The van der Waals surface area contributed by atoms with Crippen LogP contribution in [0.3, 0.4) is 0 Å². The van der Waals surface area contributed by atoms with Crippen molar-refractivity contribution in [2.75, 3.05) is 0 Å². The Hall–Kier alpha value is 1.23. The monoisotopic (exact) mass is 124 g/mol. The maximum atomic E-state index is 9.13. The first kappa shape index (κ1) is 15.7. The molecule has 0 heterocycles. The second kappa shape index (κ2) is 10.3. The fraction of sp³-hybridized carbons (Fsp3) is 0. The Morgan fingerprint density at radius 1 is 1.57 bits per heavy atom. The van der Waals surface area contributed by atoms with Crippen molar-refractivity contribution < 1.29 is 9.90 Å². The zero-order valence-electron chi connectivity index (χ0n) is 2.43. The first-order valence-corrected chi connectivity index (χ1v) is 0.966. The van der Waals surface area contributed by atoms with Crippen LogP contribution in [0.5, 0.6) is 0 Å². The van der Waals surface area contributed by atoms with E-state index in [1.165, 1.54) is 5.43 Å². The van der Waals surface area contributed by atoms with E-state index in [0.717, 1.165) is 0 Å². The van der Waals surface area contributed by atoms with E-state index in [-0.39, 0.29) is 59.1 Å². The summed E-state index contributed by atoms with van der Waals surface area (Å²) in [6.45, 7) is 0. The van der Waals surface area contributed by atoms with Gasteiger partial charge in [-0.2, -0.15) is 0 Å². The molecule has 0 saturated carbocycles. The topological polar surface area (TPSA) is 75.3 Å². The minimum atomic E-state index is -1.22. The zero-order valence-corrected chi connectivity index (χ0v) is 2.43. The first-order valence-electron chi connectivity index (χ1n) is 0.966. The van der Waals surface area contributed by atoms with Gasteiger partial charge in [0.05, 0.1) is 0 Å². The van der Waals surface area contributed by atoms with Gasteiger partial charge in [-0.3, -0.25) is 5.43 Å². The average Bonchev–Trinajstić information content (AvgIpc) is 1.38. The van der Waals surface area contributed by atoms with Crippen LogP contribution in [0.1, 0.15) is 0 Å². The number of hydrogen-bond acceptors (Lipinski definition) is 2. The van der Waals surface area contributed by atoms with Gasteiger partial charge >= 0.3 is 65.2 Å². The Morgan fingerprint density at radius 2 is 1.71 bits per heavy atom. The van der Waals surface area contributed by atoms with Crippen LogP contribution in [0.4, 0.5) is 4.79 Å². The molecule has 0 spiro atoms. The van der Waals surface area contributed by atoms with E-state index < -0.39 is 6.09 Å². The quantitative estimate of drug-likeness (QED) is 0.149. The van der Waals surface area contributed by atoms with Gasteiger partial charge in [0.1, 0.15) is 0 Å². The number of carboxylic acid groups (broad SMARTS) is 1. The van der Waals surface area contributed by atoms with E-state index in [2.05, 4.69) is 5.84 Å². The van der Waals surface area contributed by atoms with Crippen LogP contribution < -0.4 is 11.3 Å². The van der Waals surface area contributed by atoms with E-state index in [9.17, 15) is 0 Å². The molecule has 0 rings (SSSR count). The van der Waals surface area contributed by atoms with Crippen LogP contribution in [-0.2, 0) is 0 Å². The molecule has 0 saturated heterocycles. The van der Waals surface area contributed by atoms with E-state index in [1.807, 2.05) is 0 Å². The molecule has 0 unspecified atom stereocenters. The van der Waals surface area contributed by atoms with Gasteiger partial charge in [0.25, 0.3) is 0 Å². The molecule has 0 aliphatic carbocycles. The molecule has 0 radical (unpaired) electrons. The molecular formula is CH6N2Na2O2. The van der Waals surface area contributed by atoms with Crippen LogP contribution in [0.15, 0.2) is 0 Å². The summed E-state index contributed by atoms with van der Waals surface area (Å²) in [7, 11) is 0. The molecule has 0 bridgehead atoms. The van der Waals surface area contributed by atoms with Gasteiger partial charge in [-0.1, -0.05) is 0 Å². The zero-order chi connectivity index (χ0) is 4.28. The Bertz CT molecular complexity index is 49.0. The van der Waals surface area contributed by atoms with Gasteiger partial charge in [-0.15, -0.1) is 0 Å². The second-order valence-electron chi connectivity index (χ2n) is 0.449. The molecule has 1 amide bonds. The second-order valence-corrected chi connectivity index (χ2v) is 0.449. The van der Waals surface area contributed by atoms with Crippen molar-refractivity contribution in [3.05, 3.63) is 0 Å². The molecule has 0 fully saturated rings. The number of amides is 1. The van der Waals surface area contributed by atoms with E-state index in [4.69, 9.17) is 9.90 Å². The van der Waals surface area contributed by atoms with E-state index in [1.54, 1.807) is 0 Å². The summed E-state index contributed by atoms with van der Waals surface area (Å²) in [5, 5.41) is 7.49. The fourth-order valence-electron chi connectivity index (χ4n) is 0. The van der Waals surface area contributed by atoms with Gasteiger partial charge in [-0.25, -0.2) is 10.6 Å². The van der Waals surface area contributed by atoms with Crippen LogP contribution in [0.2, 0.25) is 0 Å². The number of hydrogen-bond donors (Lipinski definition) is 3. The minimum absolute atomic E-state index is 0. The maximum absolute atomic E-state index is 9.13. The van der Waals surface area contributed by atoms with Crippen LogP contribution in [0.25, 0.3) is 0 Å². The SMILES string of the molecule is NNC(=O)O.[NaH].[NaH]. The number of rotatable bonds is 0. The predicted octanol–water partition coefficient (Wildman–Crippen LogP) is -2.17. The van der Waals surface area contributed by atoms with Crippen molar-refractivity contribution in [3.8, 4) is 0 Å². The Labute approximate surface area is 85.4 Å². The Kier molecular flexibility index (Phi) is 23.1. The molecule has 0 aliphatic heterocycles. The third-order valence-electron chi connectivity index (χ3n) is 0.123. The summed E-state index contributed by atoms with van der Waals surface area (Å²) in [5.41, 5.74) is 1.44. The average molecular weight is 124 g/mol. The fourth-order valence-corrected chi connectivity index (χ4v) is 0. The van der Waals surface area contributed by atoms with Crippen molar-refractivity contribution in [1.82, 2.24) is 5.43 Å². The summed E-state index contributed by atoms with van der Waals surface area (Å²) in [5.74, 6) is 4.32. The predicted molar refractivity (Wildman–Crippen MR) is 29.6 cm³/mol. The Balaban J connectivity index is -0.0000000800. The van der Waals surface area contributed by atoms with Crippen LogP contribution in [0, 0.1) is 0 Å². The number of carbonyl (C=O) groups is 1. The molecule has 6 heteroatoms. The van der Waals surface area contributed by atoms with E-state index >= 15 is 0 Å². The molecule has 7 heavy (non-hydrogen) atoms. The van der Waals surface area contributed by atoms with Gasteiger partial charge in [0.2, 0.25) is 0 Å². The number of nitrogens with one attached hydrogen (secondary N) is 1. The van der Waals surface area contributed by atoms with Crippen LogP contribution >= 0.6 is 0 Å². The van der Waals surface area contributed by atoms with Crippen molar-refractivity contribution >= 4 is 65.2 Å². The molecule has 4 nitrogen and oxygen atoms in total. The normalized spacial score (nSPS) is 4.71. The molecule has 0 aliphatic rings. The molecule has 34 valence electrons. The third kappa shape index (κ3) is 19.0. The van der Waals surface area contributed by atoms with Crippen molar-refractivity contribution in [3.63, 3.8) is 0 Å². The standard InChI is InChI=1S/CH4N2O2.2Na.2H/c2-3-1(4)5;;;;/h3H,2H2,(H,4,5);;;;. The van der Waals surface area contributed by atoms with E-state index in [0.29, 0.717) is 0 Å². The Morgan fingerprint density at radius 3 is 1.71 bits per heavy atom. The van der Waals surface area contributed by atoms with Gasteiger partial charge < -0.3 is 5.11 Å². The number of hydrazine groups is 1. The first-order chi connectivity index (χ1) is 2.27. The molecule has 0 aromatic carbocycles. The molecule has 0 aromatic heterocycles. The molecular weight excluding hydrogens is 118 g/mol. The van der Waals surface area contributed by atoms with Crippen molar-refractivity contribution in [1.29, 1.82) is 0 Å². The summed E-state index contributed by atoms with van der Waals surface area (Å²) >= 11 is 0. The summed E-state index contributed by atoms with van der Waals surface area (Å²) in [6, 6.07) is 0. The molecule has 4 N–H and O–H groups in total. The number of nitrogens with two attached hydrogens (primary N) is 1. The molecule has 0 atom stereocenters. The van der Waals surface area contributed by atoms with Gasteiger partial charge in [0.15, 0.2) is 0 Å². The third-order valence-corrected chi connectivity index (χ3v) is 0.123. The summed E-state index contributed by atoms with van der Waals surface area (Å²) in [6.07, 6.45) is -1.22. The molecule has 0 aromatic rings. The van der Waals surface area contributed by atoms with Crippen LogP contribution in [-0.4, -0.2) is 70.3 Å². The summed E-state index contributed by atoms with van der Waals surface area (Å²) < 4.78 is 0. The van der Waals surface area contributed by atoms with Crippen molar-refractivity contribution in [2.45, 2.75) is 0 Å². The van der Waals surface area contributed by atoms with Crippen molar-refractivity contribution in [2.24, 2.45) is 5.84 Å². The van der Waals surface area contributed by atoms with Gasteiger partial charge in [0, 0.05) is 0 Å². The van der Waals surface area contributed by atoms with Gasteiger partial charge in [-0.05, 0) is 0 Å².